The van der Waals surface area contributed by atoms with Gasteiger partial charge in [-0.25, -0.2) is 0 Å². The van der Waals surface area contributed by atoms with E-state index in [9.17, 15) is 5.11 Å². The van der Waals surface area contributed by atoms with Gasteiger partial charge >= 0.3 is 0 Å². The Bertz CT molecular complexity index is 256. The fourth-order valence-corrected chi connectivity index (χ4v) is 4.16. The number of aliphatic hydroxyl groups excluding tert-OH is 1. The largest absolute Gasteiger partial charge is 0.394 e. The highest BCUT2D eigenvalue weighted by Gasteiger charge is 2.40. The van der Waals surface area contributed by atoms with E-state index in [0.717, 1.165) is 12.8 Å². The highest BCUT2D eigenvalue weighted by molar-refractivity contribution is 4.98. The standard InChI is InChI=1S/C16H31NO/c1-15(2)10-7-11-16(12-15,13-18)17-14-8-5-3-4-6-9-14/h14,17-18H,3-13H2,1-2H3. The first-order chi connectivity index (χ1) is 8.55. The molecule has 0 aromatic heterocycles. The van der Waals surface area contributed by atoms with Gasteiger partial charge < -0.3 is 10.4 Å². The zero-order valence-corrected chi connectivity index (χ0v) is 12.3. The van der Waals surface area contributed by atoms with Gasteiger partial charge in [0.05, 0.1) is 6.61 Å². The zero-order chi connectivity index (χ0) is 13.1. The maximum atomic E-state index is 9.91. The van der Waals surface area contributed by atoms with Crippen molar-refractivity contribution < 1.29 is 5.11 Å². The molecule has 2 fully saturated rings. The fourth-order valence-electron chi connectivity index (χ4n) is 4.16. The van der Waals surface area contributed by atoms with E-state index in [1.807, 2.05) is 0 Å². The van der Waals surface area contributed by atoms with E-state index < -0.39 is 0 Å². The van der Waals surface area contributed by atoms with Crippen molar-refractivity contribution in [2.45, 2.75) is 89.6 Å². The summed E-state index contributed by atoms with van der Waals surface area (Å²) >= 11 is 0. The second-order valence-electron chi connectivity index (χ2n) is 7.47. The Morgan fingerprint density at radius 2 is 1.67 bits per heavy atom. The quantitative estimate of drug-likeness (QED) is 0.753. The molecule has 2 aliphatic rings. The van der Waals surface area contributed by atoms with Gasteiger partial charge in [-0.3, -0.25) is 0 Å². The zero-order valence-electron chi connectivity index (χ0n) is 12.3. The second kappa shape index (κ2) is 5.92. The van der Waals surface area contributed by atoms with Gasteiger partial charge in [0.25, 0.3) is 0 Å². The van der Waals surface area contributed by atoms with Crippen molar-refractivity contribution in [3.63, 3.8) is 0 Å². The molecule has 18 heavy (non-hydrogen) atoms. The molecule has 2 rings (SSSR count). The normalized spacial score (nSPS) is 34.2. The van der Waals surface area contributed by atoms with Crippen molar-refractivity contribution in [3.05, 3.63) is 0 Å². The molecule has 0 aromatic rings. The number of nitrogens with one attached hydrogen (secondary N) is 1. The topological polar surface area (TPSA) is 32.3 Å². The number of hydrogen-bond acceptors (Lipinski definition) is 2. The fraction of sp³-hybridized carbons (Fsp3) is 1.00. The maximum Gasteiger partial charge on any atom is 0.0613 e. The summed E-state index contributed by atoms with van der Waals surface area (Å²) in [6, 6.07) is 0.647. The van der Waals surface area contributed by atoms with Crippen LogP contribution in [-0.4, -0.2) is 23.3 Å². The minimum Gasteiger partial charge on any atom is -0.394 e. The van der Waals surface area contributed by atoms with Gasteiger partial charge in [-0.15, -0.1) is 0 Å². The number of hydrogen-bond donors (Lipinski definition) is 2. The van der Waals surface area contributed by atoms with Crippen molar-refractivity contribution in [3.8, 4) is 0 Å². The summed E-state index contributed by atoms with van der Waals surface area (Å²) in [5.74, 6) is 0. The molecule has 2 saturated carbocycles. The Balaban J connectivity index is 1.98. The maximum absolute atomic E-state index is 9.91. The molecule has 0 radical (unpaired) electrons. The molecule has 2 N–H and O–H groups in total. The molecule has 0 spiro atoms. The molecule has 0 heterocycles. The van der Waals surface area contributed by atoms with E-state index in [0.29, 0.717) is 18.1 Å². The SMILES string of the molecule is CC1(C)CCCC(CO)(NC2CCCCCC2)C1. The summed E-state index contributed by atoms with van der Waals surface area (Å²) in [7, 11) is 0. The van der Waals surface area contributed by atoms with Gasteiger partial charge in [0, 0.05) is 11.6 Å². The summed E-state index contributed by atoms with van der Waals surface area (Å²) in [4.78, 5) is 0. The van der Waals surface area contributed by atoms with Gasteiger partial charge in [0.15, 0.2) is 0 Å². The van der Waals surface area contributed by atoms with Crippen LogP contribution in [0.25, 0.3) is 0 Å². The molecule has 0 aliphatic heterocycles. The Kier molecular flexibility index (Phi) is 4.71. The van der Waals surface area contributed by atoms with E-state index >= 15 is 0 Å². The van der Waals surface area contributed by atoms with E-state index in [-0.39, 0.29) is 5.54 Å². The molecular formula is C16H31NO. The summed E-state index contributed by atoms with van der Waals surface area (Å²) in [6.07, 6.45) is 13.0. The second-order valence-corrected chi connectivity index (χ2v) is 7.47. The van der Waals surface area contributed by atoms with Gasteiger partial charge in [0.1, 0.15) is 0 Å². The lowest BCUT2D eigenvalue weighted by Gasteiger charge is -2.46. The Hall–Kier alpha value is -0.0800. The van der Waals surface area contributed by atoms with Gasteiger partial charge in [-0.2, -0.15) is 0 Å². The molecule has 106 valence electrons. The van der Waals surface area contributed by atoms with Gasteiger partial charge in [-0.1, -0.05) is 46.0 Å². The third kappa shape index (κ3) is 3.71. The molecule has 0 aromatic carbocycles. The molecule has 2 nitrogen and oxygen atoms in total. The summed E-state index contributed by atoms with van der Waals surface area (Å²) in [5.41, 5.74) is 0.398. The smallest absolute Gasteiger partial charge is 0.0613 e. The first-order valence-corrected chi connectivity index (χ1v) is 7.94. The number of rotatable bonds is 3. The van der Waals surface area contributed by atoms with Crippen LogP contribution >= 0.6 is 0 Å². The molecule has 0 bridgehead atoms. The minimum atomic E-state index is 0.0107. The average molecular weight is 253 g/mol. The van der Waals surface area contributed by atoms with Gasteiger partial charge in [0.2, 0.25) is 0 Å². The van der Waals surface area contributed by atoms with Crippen LogP contribution in [0.2, 0.25) is 0 Å². The molecule has 0 saturated heterocycles. The lowest BCUT2D eigenvalue weighted by molar-refractivity contribution is 0.0516. The van der Waals surface area contributed by atoms with Crippen LogP contribution in [-0.2, 0) is 0 Å². The summed E-state index contributed by atoms with van der Waals surface area (Å²) in [5, 5.41) is 13.8. The Morgan fingerprint density at radius 1 is 1.00 bits per heavy atom. The Morgan fingerprint density at radius 3 is 2.22 bits per heavy atom. The minimum absolute atomic E-state index is 0.0107. The first-order valence-electron chi connectivity index (χ1n) is 7.94. The van der Waals surface area contributed by atoms with E-state index in [1.165, 1.54) is 51.4 Å². The van der Waals surface area contributed by atoms with Crippen LogP contribution in [0.15, 0.2) is 0 Å². The number of aliphatic hydroxyl groups is 1. The van der Waals surface area contributed by atoms with Crippen LogP contribution in [0.1, 0.15) is 78.1 Å². The van der Waals surface area contributed by atoms with Crippen LogP contribution in [0.5, 0.6) is 0 Å². The first kappa shape index (κ1) is 14.3. The summed E-state index contributed by atoms with van der Waals surface area (Å²) < 4.78 is 0. The summed E-state index contributed by atoms with van der Waals surface area (Å²) in [6.45, 7) is 5.02. The van der Waals surface area contributed by atoms with Gasteiger partial charge in [-0.05, 0) is 37.5 Å². The van der Waals surface area contributed by atoms with Crippen molar-refractivity contribution in [1.29, 1.82) is 0 Å². The predicted molar refractivity (Wildman–Crippen MR) is 76.7 cm³/mol. The van der Waals surface area contributed by atoms with Crippen LogP contribution in [0.4, 0.5) is 0 Å². The van der Waals surface area contributed by atoms with Crippen LogP contribution < -0.4 is 5.32 Å². The predicted octanol–water partition coefficient (Wildman–Crippen LogP) is 3.63. The van der Waals surface area contributed by atoms with Crippen LogP contribution in [0, 0.1) is 5.41 Å². The highest BCUT2D eigenvalue weighted by atomic mass is 16.3. The van der Waals surface area contributed by atoms with Crippen LogP contribution in [0.3, 0.4) is 0 Å². The molecule has 2 aliphatic carbocycles. The molecule has 0 amide bonds. The lowest BCUT2D eigenvalue weighted by Crippen LogP contribution is -2.56. The molecular weight excluding hydrogens is 222 g/mol. The van der Waals surface area contributed by atoms with Crippen molar-refractivity contribution in [1.82, 2.24) is 5.32 Å². The van der Waals surface area contributed by atoms with E-state index in [1.54, 1.807) is 0 Å². The van der Waals surface area contributed by atoms with Crippen molar-refractivity contribution >= 4 is 0 Å². The van der Waals surface area contributed by atoms with E-state index in [2.05, 4.69) is 19.2 Å². The third-order valence-corrected chi connectivity index (χ3v) is 4.99. The average Bonchev–Trinajstić information content (AvgIpc) is 2.56. The highest BCUT2D eigenvalue weighted by Crippen LogP contribution is 2.41. The molecule has 1 unspecified atom stereocenters. The monoisotopic (exact) mass is 253 g/mol. The van der Waals surface area contributed by atoms with E-state index in [4.69, 9.17) is 0 Å². The third-order valence-electron chi connectivity index (χ3n) is 4.99. The van der Waals surface area contributed by atoms with Crippen molar-refractivity contribution in [2.24, 2.45) is 5.41 Å². The lowest BCUT2D eigenvalue weighted by atomic mass is 9.68. The molecule has 1 atom stereocenters. The van der Waals surface area contributed by atoms with Crippen molar-refractivity contribution in [2.75, 3.05) is 6.61 Å². The molecule has 2 heteroatoms. The Labute approximate surface area is 113 Å².